The number of ether oxygens (including phenoxy) is 3. The van der Waals surface area contributed by atoms with Crippen molar-refractivity contribution in [2.45, 2.75) is 19.4 Å². The highest BCUT2D eigenvalue weighted by Crippen LogP contribution is 2.33. The lowest BCUT2D eigenvalue weighted by Gasteiger charge is -2.32. The van der Waals surface area contributed by atoms with Crippen LogP contribution in [-0.4, -0.2) is 52.3 Å². The number of methoxy groups -OCH3 is 3. The number of hydrogen-bond donors (Lipinski definition) is 1. The number of benzene rings is 2. The Hall–Kier alpha value is -2.16. The minimum Gasteiger partial charge on any atom is -0.497 e. The summed E-state index contributed by atoms with van der Waals surface area (Å²) >= 11 is 0. The van der Waals surface area contributed by atoms with Crippen LogP contribution in [0.2, 0.25) is 0 Å². The highest BCUT2D eigenvalue weighted by molar-refractivity contribution is 14.0. The molecule has 2 aromatic carbocycles. The van der Waals surface area contributed by atoms with Gasteiger partial charge in [0.25, 0.3) is 0 Å². The van der Waals surface area contributed by atoms with Crippen LogP contribution in [0, 0.1) is 0 Å². The van der Waals surface area contributed by atoms with Gasteiger partial charge in [-0.3, -0.25) is 4.99 Å². The van der Waals surface area contributed by atoms with Crippen molar-refractivity contribution in [3.8, 4) is 17.2 Å². The number of nitrogens with zero attached hydrogens (tertiary/aromatic N) is 2. The van der Waals surface area contributed by atoms with Gasteiger partial charge in [-0.15, -0.1) is 24.0 Å². The Balaban J connectivity index is 0.00000300. The first-order valence-corrected chi connectivity index (χ1v) is 9.50. The number of halogens is 1. The van der Waals surface area contributed by atoms with Gasteiger partial charge in [-0.1, -0.05) is 12.1 Å². The summed E-state index contributed by atoms with van der Waals surface area (Å²) in [5, 5.41) is 3.49. The molecule has 7 heteroatoms. The normalized spacial score (nSPS) is 13.2. The van der Waals surface area contributed by atoms with Crippen LogP contribution in [0.15, 0.2) is 41.4 Å². The molecule has 6 nitrogen and oxygen atoms in total. The summed E-state index contributed by atoms with van der Waals surface area (Å²) < 4.78 is 16.2. The van der Waals surface area contributed by atoms with Crippen LogP contribution in [0.1, 0.15) is 16.7 Å². The molecule has 0 aliphatic carbocycles. The predicted molar refractivity (Wildman–Crippen MR) is 127 cm³/mol. The van der Waals surface area contributed by atoms with Gasteiger partial charge in [-0.2, -0.15) is 0 Å². The average Bonchev–Trinajstić information content (AvgIpc) is 2.75. The zero-order valence-electron chi connectivity index (χ0n) is 17.5. The second-order valence-electron chi connectivity index (χ2n) is 6.72. The maximum atomic E-state index is 5.46. The van der Waals surface area contributed by atoms with Crippen LogP contribution >= 0.6 is 24.0 Å². The number of aliphatic imine (C=N–C) groups is 1. The van der Waals surface area contributed by atoms with Crippen molar-refractivity contribution in [1.29, 1.82) is 0 Å². The Morgan fingerprint density at radius 1 is 1.03 bits per heavy atom. The van der Waals surface area contributed by atoms with E-state index in [4.69, 9.17) is 14.2 Å². The molecule has 0 saturated heterocycles. The summed E-state index contributed by atoms with van der Waals surface area (Å²) in [4.78, 5) is 6.75. The Kier molecular flexibility index (Phi) is 8.88. The molecular formula is C22H30IN3O3. The van der Waals surface area contributed by atoms with E-state index in [9.17, 15) is 0 Å². The molecule has 0 spiro atoms. The number of nitrogens with one attached hydrogen (secondary N) is 1. The van der Waals surface area contributed by atoms with Crippen LogP contribution in [0.5, 0.6) is 17.2 Å². The number of fused-ring (bicyclic) bond motifs is 1. The van der Waals surface area contributed by atoms with Crippen molar-refractivity contribution in [1.82, 2.24) is 10.2 Å². The van der Waals surface area contributed by atoms with E-state index in [2.05, 4.69) is 39.5 Å². The second kappa shape index (κ2) is 11.1. The van der Waals surface area contributed by atoms with E-state index in [1.54, 1.807) is 21.3 Å². The zero-order valence-corrected chi connectivity index (χ0v) is 19.9. The standard InChI is InChI=1S/C22H29N3O3.HI/c1-23-22(24-10-8-16-6-5-7-19(12-16)26-2)25-11-9-17-13-20(27-3)21(28-4)14-18(17)15-25;/h5-7,12-14H,8-11,15H2,1-4H3,(H,23,24);1H. The van der Waals surface area contributed by atoms with Crippen LogP contribution < -0.4 is 19.5 Å². The smallest absolute Gasteiger partial charge is 0.193 e. The summed E-state index contributed by atoms with van der Waals surface area (Å²) in [6, 6.07) is 12.3. The summed E-state index contributed by atoms with van der Waals surface area (Å²) in [6.45, 7) is 2.53. The fraction of sp³-hybridized carbons (Fsp3) is 0.409. The van der Waals surface area contributed by atoms with Gasteiger partial charge in [0, 0.05) is 26.7 Å². The van der Waals surface area contributed by atoms with Crippen molar-refractivity contribution in [2.24, 2.45) is 4.99 Å². The molecule has 0 unspecified atom stereocenters. The fourth-order valence-electron chi connectivity index (χ4n) is 3.54. The molecule has 1 heterocycles. The monoisotopic (exact) mass is 511 g/mol. The van der Waals surface area contributed by atoms with Gasteiger partial charge in [0.2, 0.25) is 0 Å². The van der Waals surface area contributed by atoms with Gasteiger partial charge >= 0.3 is 0 Å². The number of hydrogen-bond acceptors (Lipinski definition) is 4. The second-order valence-corrected chi connectivity index (χ2v) is 6.72. The van der Waals surface area contributed by atoms with Crippen molar-refractivity contribution in [2.75, 3.05) is 41.5 Å². The molecule has 2 aromatic rings. The van der Waals surface area contributed by atoms with Gasteiger partial charge in [-0.05, 0) is 53.8 Å². The molecule has 0 bridgehead atoms. The molecule has 1 aliphatic rings. The Morgan fingerprint density at radius 3 is 2.41 bits per heavy atom. The third kappa shape index (κ3) is 5.68. The van der Waals surface area contributed by atoms with Crippen molar-refractivity contribution in [3.05, 3.63) is 53.1 Å². The summed E-state index contributed by atoms with van der Waals surface area (Å²) in [5.41, 5.74) is 3.79. The van der Waals surface area contributed by atoms with Crippen LogP contribution in [0.4, 0.5) is 0 Å². The van der Waals surface area contributed by atoms with Gasteiger partial charge in [0.1, 0.15) is 5.75 Å². The van der Waals surface area contributed by atoms with E-state index < -0.39 is 0 Å². The van der Waals surface area contributed by atoms with Gasteiger partial charge in [0.05, 0.1) is 21.3 Å². The molecule has 29 heavy (non-hydrogen) atoms. The topological polar surface area (TPSA) is 55.3 Å². The molecule has 1 N–H and O–H groups in total. The average molecular weight is 511 g/mol. The summed E-state index contributed by atoms with van der Waals surface area (Å²) in [5.74, 6) is 3.36. The molecular weight excluding hydrogens is 481 g/mol. The lowest BCUT2D eigenvalue weighted by atomic mass is 9.99. The van der Waals surface area contributed by atoms with E-state index in [0.29, 0.717) is 0 Å². The SMILES string of the molecule is CN=C(NCCc1cccc(OC)c1)N1CCc2cc(OC)c(OC)cc2C1.I. The predicted octanol–water partition coefficient (Wildman–Crippen LogP) is 3.51. The Labute approximate surface area is 190 Å². The zero-order chi connectivity index (χ0) is 19.9. The van der Waals surface area contributed by atoms with Gasteiger partial charge in [0.15, 0.2) is 17.5 Å². The highest BCUT2D eigenvalue weighted by Gasteiger charge is 2.21. The maximum absolute atomic E-state index is 5.46. The minimum atomic E-state index is 0. The molecule has 158 valence electrons. The first kappa shape index (κ1) is 23.1. The van der Waals surface area contributed by atoms with Crippen molar-refractivity contribution < 1.29 is 14.2 Å². The van der Waals surface area contributed by atoms with E-state index in [0.717, 1.165) is 55.7 Å². The molecule has 0 amide bonds. The summed E-state index contributed by atoms with van der Waals surface area (Å²) in [6.07, 6.45) is 1.86. The Bertz CT molecular complexity index is 842. The number of rotatable bonds is 6. The van der Waals surface area contributed by atoms with E-state index in [-0.39, 0.29) is 24.0 Å². The molecule has 3 rings (SSSR count). The first-order valence-electron chi connectivity index (χ1n) is 9.50. The van der Waals surface area contributed by atoms with E-state index in [1.807, 2.05) is 19.2 Å². The molecule has 1 aliphatic heterocycles. The van der Waals surface area contributed by atoms with Gasteiger partial charge < -0.3 is 24.4 Å². The van der Waals surface area contributed by atoms with E-state index >= 15 is 0 Å². The molecule has 0 fully saturated rings. The molecule has 0 aromatic heterocycles. The summed E-state index contributed by atoms with van der Waals surface area (Å²) in [7, 11) is 6.87. The molecule has 0 radical (unpaired) electrons. The largest absolute Gasteiger partial charge is 0.497 e. The van der Waals surface area contributed by atoms with Gasteiger partial charge in [-0.25, -0.2) is 0 Å². The van der Waals surface area contributed by atoms with Crippen LogP contribution in [-0.2, 0) is 19.4 Å². The third-order valence-electron chi connectivity index (χ3n) is 5.06. The quantitative estimate of drug-likeness (QED) is 0.366. The third-order valence-corrected chi connectivity index (χ3v) is 5.06. The molecule has 0 saturated carbocycles. The maximum Gasteiger partial charge on any atom is 0.193 e. The number of guanidine groups is 1. The lowest BCUT2D eigenvalue weighted by Crippen LogP contribution is -2.44. The van der Waals surface area contributed by atoms with Crippen LogP contribution in [0.3, 0.4) is 0 Å². The van der Waals surface area contributed by atoms with Crippen molar-refractivity contribution >= 4 is 29.9 Å². The van der Waals surface area contributed by atoms with Crippen molar-refractivity contribution in [3.63, 3.8) is 0 Å². The first-order chi connectivity index (χ1) is 13.7. The fourth-order valence-corrected chi connectivity index (χ4v) is 3.54. The minimum absolute atomic E-state index is 0. The van der Waals surface area contributed by atoms with Crippen LogP contribution in [0.25, 0.3) is 0 Å². The highest BCUT2D eigenvalue weighted by atomic mass is 127. The molecule has 0 atom stereocenters. The lowest BCUT2D eigenvalue weighted by molar-refractivity contribution is 0.346. The van der Waals surface area contributed by atoms with E-state index in [1.165, 1.54) is 16.7 Å². The Morgan fingerprint density at radius 2 is 1.76 bits per heavy atom.